The van der Waals surface area contributed by atoms with Crippen LogP contribution >= 0.6 is 0 Å². The Labute approximate surface area is 110 Å². The minimum absolute atomic E-state index is 0.0163. The van der Waals surface area contributed by atoms with Gasteiger partial charge in [-0.15, -0.1) is 0 Å². The maximum atomic E-state index is 12.0. The number of aliphatic hydroxyl groups is 1. The van der Waals surface area contributed by atoms with Gasteiger partial charge in [0.2, 0.25) is 0 Å². The topological polar surface area (TPSA) is 99.5 Å². The van der Waals surface area contributed by atoms with Crippen molar-refractivity contribution in [3.8, 4) is 0 Å². The van der Waals surface area contributed by atoms with Crippen molar-refractivity contribution in [2.24, 2.45) is 0 Å². The van der Waals surface area contributed by atoms with Gasteiger partial charge in [-0.05, 0) is 19.4 Å². The van der Waals surface area contributed by atoms with Crippen molar-refractivity contribution in [2.45, 2.75) is 25.3 Å². The van der Waals surface area contributed by atoms with E-state index in [0.717, 1.165) is 25.8 Å². The summed E-state index contributed by atoms with van der Waals surface area (Å²) < 4.78 is 0. The van der Waals surface area contributed by atoms with Gasteiger partial charge in [-0.3, -0.25) is 19.8 Å². The summed E-state index contributed by atoms with van der Waals surface area (Å²) in [7, 11) is 0. The fourth-order valence-electron chi connectivity index (χ4n) is 2.39. The van der Waals surface area contributed by atoms with E-state index < -0.39 is 4.92 Å². The van der Waals surface area contributed by atoms with Crippen molar-refractivity contribution in [3.63, 3.8) is 0 Å². The molecule has 0 aromatic carbocycles. The number of Topliss-reactive ketones (excluding diaryl/α,β-unsaturated/α-hetero) is 1. The number of H-pyrrole nitrogens is 1. The highest BCUT2D eigenvalue weighted by molar-refractivity contribution is 5.96. The van der Waals surface area contributed by atoms with E-state index in [1.54, 1.807) is 0 Å². The van der Waals surface area contributed by atoms with Crippen LogP contribution in [0.5, 0.6) is 0 Å². The van der Waals surface area contributed by atoms with Crippen LogP contribution in [0.3, 0.4) is 0 Å². The van der Waals surface area contributed by atoms with Crippen LogP contribution in [0.2, 0.25) is 0 Å². The average Bonchev–Trinajstić information content (AvgIpc) is 2.89. The van der Waals surface area contributed by atoms with Gasteiger partial charge >= 0.3 is 0 Å². The maximum absolute atomic E-state index is 12.0. The smallest absolute Gasteiger partial charge is 0.287 e. The van der Waals surface area contributed by atoms with Crippen LogP contribution in [0.15, 0.2) is 12.3 Å². The van der Waals surface area contributed by atoms with E-state index in [0.29, 0.717) is 0 Å². The summed E-state index contributed by atoms with van der Waals surface area (Å²) in [5.41, 5.74) is 0.134. The molecule has 1 aliphatic heterocycles. The molecule has 0 bridgehead atoms. The summed E-state index contributed by atoms with van der Waals surface area (Å²) in [6.45, 7) is 1.00. The second-order valence-electron chi connectivity index (χ2n) is 4.75. The summed E-state index contributed by atoms with van der Waals surface area (Å²) in [4.78, 5) is 26.6. The Bertz CT molecular complexity index is 471. The molecule has 0 amide bonds. The Balaban J connectivity index is 2.01. The van der Waals surface area contributed by atoms with Crippen LogP contribution in [-0.2, 0) is 0 Å². The Morgan fingerprint density at radius 1 is 1.58 bits per heavy atom. The van der Waals surface area contributed by atoms with Crippen molar-refractivity contribution in [1.29, 1.82) is 0 Å². The number of aromatic nitrogens is 1. The Morgan fingerprint density at radius 3 is 3.00 bits per heavy atom. The number of ketones is 1. The molecular weight excluding hydrogens is 250 g/mol. The maximum Gasteiger partial charge on any atom is 0.287 e. The van der Waals surface area contributed by atoms with Crippen molar-refractivity contribution >= 4 is 11.5 Å². The summed E-state index contributed by atoms with van der Waals surface area (Å²) >= 11 is 0. The summed E-state index contributed by atoms with van der Waals surface area (Å²) in [6.07, 6.45) is 4.17. The van der Waals surface area contributed by atoms with Gasteiger partial charge in [0.25, 0.3) is 5.69 Å². The first-order chi connectivity index (χ1) is 9.11. The van der Waals surface area contributed by atoms with E-state index in [1.165, 1.54) is 12.3 Å². The van der Waals surface area contributed by atoms with Gasteiger partial charge in [0.1, 0.15) is 0 Å². The van der Waals surface area contributed by atoms with Crippen molar-refractivity contribution in [1.82, 2.24) is 9.88 Å². The number of carbonyl (C=O) groups excluding carboxylic acids is 1. The van der Waals surface area contributed by atoms with Gasteiger partial charge in [0, 0.05) is 12.1 Å². The number of nitro groups is 1. The fourth-order valence-corrected chi connectivity index (χ4v) is 2.39. The zero-order chi connectivity index (χ0) is 13.8. The first-order valence-corrected chi connectivity index (χ1v) is 6.32. The third kappa shape index (κ3) is 3.18. The van der Waals surface area contributed by atoms with E-state index in [9.17, 15) is 20.0 Å². The molecule has 2 rings (SSSR count). The average molecular weight is 267 g/mol. The van der Waals surface area contributed by atoms with E-state index in [2.05, 4.69) is 4.98 Å². The fraction of sp³-hybridized carbons (Fsp3) is 0.583. The third-order valence-corrected chi connectivity index (χ3v) is 3.49. The molecule has 7 heteroatoms. The van der Waals surface area contributed by atoms with Gasteiger partial charge in [0.15, 0.2) is 5.78 Å². The number of piperidine rings is 1. The summed E-state index contributed by atoms with van der Waals surface area (Å²) in [5, 5.41) is 19.8. The molecule has 1 aromatic heterocycles. The Morgan fingerprint density at radius 2 is 2.37 bits per heavy atom. The molecule has 2 heterocycles. The molecule has 1 atom stereocenters. The predicted molar refractivity (Wildman–Crippen MR) is 68.1 cm³/mol. The second-order valence-corrected chi connectivity index (χ2v) is 4.75. The zero-order valence-electron chi connectivity index (χ0n) is 10.5. The lowest BCUT2D eigenvalue weighted by Crippen LogP contribution is -2.44. The van der Waals surface area contributed by atoms with E-state index >= 15 is 0 Å². The van der Waals surface area contributed by atoms with Crippen LogP contribution in [0.4, 0.5) is 5.69 Å². The molecule has 2 N–H and O–H groups in total. The van der Waals surface area contributed by atoms with Crippen LogP contribution in [0.25, 0.3) is 0 Å². The standard InChI is InChI=1S/C12H17N3O4/c16-8-9-3-1-2-4-14(9)7-12(17)11-5-10(6-13-11)15(18)19/h5-6,9,13,16H,1-4,7-8H2. The highest BCUT2D eigenvalue weighted by Gasteiger charge is 2.25. The van der Waals surface area contributed by atoms with Gasteiger partial charge in [-0.2, -0.15) is 0 Å². The Hall–Kier alpha value is -1.73. The van der Waals surface area contributed by atoms with E-state index in [-0.39, 0.29) is 36.4 Å². The number of hydrogen-bond donors (Lipinski definition) is 2. The van der Waals surface area contributed by atoms with Gasteiger partial charge in [-0.1, -0.05) is 6.42 Å². The molecule has 0 aliphatic carbocycles. The molecule has 1 unspecified atom stereocenters. The number of aliphatic hydroxyl groups excluding tert-OH is 1. The second kappa shape index (κ2) is 5.94. The summed E-state index contributed by atoms with van der Waals surface area (Å²) in [6, 6.07) is 1.27. The van der Waals surface area contributed by atoms with Crippen LogP contribution in [-0.4, -0.2) is 51.4 Å². The molecule has 0 saturated carbocycles. The molecule has 1 saturated heterocycles. The number of rotatable bonds is 5. The molecule has 1 fully saturated rings. The first kappa shape index (κ1) is 13.7. The quantitative estimate of drug-likeness (QED) is 0.470. The predicted octanol–water partition coefficient (Wildman–Crippen LogP) is 0.952. The van der Waals surface area contributed by atoms with Crippen molar-refractivity contribution in [3.05, 3.63) is 28.1 Å². The highest BCUT2D eigenvalue weighted by atomic mass is 16.6. The van der Waals surface area contributed by atoms with Crippen LogP contribution < -0.4 is 0 Å². The number of likely N-dealkylation sites (tertiary alicyclic amines) is 1. The minimum atomic E-state index is -0.537. The minimum Gasteiger partial charge on any atom is -0.395 e. The number of hydrogen-bond acceptors (Lipinski definition) is 5. The zero-order valence-corrected chi connectivity index (χ0v) is 10.5. The number of carbonyl (C=O) groups is 1. The van der Waals surface area contributed by atoms with Crippen LogP contribution in [0, 0.1) is 10.1 Å². The lowest BCUT2D eigenvalue weighted by Gasteiger charge is -2.33. The van der Waals surface area contributed by atoms with Crippen molar-refractivity contribution in [2.75, 3.05) is 19.7 Å². The SMILES string of the molecule is O=C(CN1CCCCC1CO)c1cc([N+](=O)[O-])c[nH]1. The number of aromatic amines is 1. The molecule has 104 valence electrons. The number of nitrogens with zero attached hydrogens (tertiary/aromatic N) is 2. The lowest BCUT2D eigenvalue weighted by molar-refractivity contribution is -0.384. The third-order valence-electron chi connectivity index (χ3n) is 3.49. The normalized spacial score (nSPS) is 20.4. The van der Waals surface area contributed by atoms with E-state index in [4.69, 9.17) is 0 Å². The largest absolute Gasteiger partial charge is 0.395 e. The van der Waals surface area contributed by atoms with Crippen LogP contribution in [0.1, 0.15) is 29.8 Å². The Kier molecular flexibility index (Phi) is 4.28. The first-order valence-electron chi connectivity index (χ1n) is 6.32. The molecule has 7 nitrogen and oxygen atoms in total. The van der Waals surface area contributed by atoms with Gasteiger partial charge in [0.05, 0.1) is 30.0 Å². The monoisotopic (exact) mass is 267 g/mol. The number of nitrogens with one attached hydrogen (secondary N) is 1. The molecule has 19 heavy (non-hydrogen) atoms. The molecule has 0 radical (unpaired) electrons. The van der Waals surface area contributed by atoms with Crippen molar-refractivity contribution < 1.29 is 14.8 Å². The molecule has 0 spiro atoms. The summed E-state index contributed by atoms with van der Waals surface area (Å²) in [5.74, 6) is -0.187. The van der Waals surface area contributed by atoms with Gasteiger partial charge in [-0.25, -0.2) is 0 Å². The lowest BCUT2D eigenvalue weighted by atomic mass is 10.0. The van der Waals surface area contributed by atoms with E-state index in [1.807, 2.05) is 4.90 Å². The molecule has 1 aliphatic rings. The molecule has 1 aromatic rings. The highest BCUT2D eigenvalue weighted by Crippen LogP contribution is 2.18. The van der Waals surface area contributed by atoms with Gasteiger partial charge < -0.3 is 10.1 Å². The molecular formula is C12H17N3O4.